The average molecular weight is 201 g/mol. The molecule has 0 fully saturated rings. The van der Waals surface area contributed by atoms with Crippen LogP contribution in [0.2, 0.25) is 0 Å². The van der Waals surface area contributed by atoms with Crippen LogP contribution < -0.4 is 10.3 Å². The first-order valence-corrected chi connectivity index (χ1v) is 5.04. The standard InChI is InChI=1S/C12H11NO2/c1-7-3-2-4-8-10(7)13-12(14)9-5-6-15-11(8)9/h2-4H,5-6H2,1H3,(H,13,14). The molecule has 1 aromatic carbocycles. The summed E-state index contributed by atoms with van der Waals surface area (Å²) in [7, 11) is 0. The molecular formula is C12H11NO2. The highest BCUT2D eigenvalue weighted by Gasteiger charge is 2.19. The number of hydrogen-bond acceptors (Lipinski definition) is 2. The Bertz CT molecular complexity index is 598. The van der Waals surface area contributed by atoms with Crippen molar-refractivity contribution in [3.8, 4) is 5.75 Å². The van der Waals surface area contributed by atoms with Crippen LogP contribution in [0, 0.1) is 6.92 Å². The summed E-state index contributed by atoms with van der Waals surface area (Å²) in [6.45, 7) is 2.60. The molecule has 76 valence electrons. The third kappa shape index (κ3) is 1.09. The molecular weight excluding hydrogens is 190 g/mol. The number of rotatable bonds is 0. The number of ether oxygens (including phenoxy) is 1. The molecule has 3 nitrogen and oxygen atoms in total. The van der Waals surface area contributed by atoms with Gasteiger partial charge in [0.25, 0.3) is 5.56 Å². The van der Waals surface area contributed by atoms with Crippen molar-refractivity contribution >= 4 is 10.9 Å². The molecule has 1 aromatic heterocycles. The summed E-state index contributed by atoms with van der Waals surface area (Å²) in [5, 5.41) is 1.02. The molecule has 0 saturated heterocycles. The molecule has 1 aliphatic heterocycles. The van der Waals surface area contributed by atoms with Gasteiger partial charge in [0.1, 0.15) is 5.75 Å². The molecule has 3 rings (SSSR count). The number of fused-ring (bicyclic) bond motifs is 3. The average Bonchev–Trinajstić information content (AvgIpc) is 2.69. The first-order chi connectivity index (χ1) is 7.27. The Morgan fingerprint density at radius 1 is 1.40 bits per heavy atom. The van der Waals surface area contributed by atoms with E-state index in [9.17, 15) is 4.79 Å². The maximum absolute atomic E-state index is 11.7. The molecule has 0 aliphatic carbocycles. The van der Waals surface area contributed by atoms with Gasteiger partial charge in [-0.15, -0.1) is 0 Å². The van der Waals surface area contributed by atoms with Crippen LogP contribution in [-0.4, -0.2) is 11.6 Å². The molecule has 3 heteroatoms. The lowest BCUT2D eigenvalue weighted by Crippen LogP contribution is -2.10. The minimum Gasteiger partial charge on any atom is -0.492 e. The van der Waals surface area contributed by atoms with Crippen molar-refractivity contribution in [2.45, 2.75) is 13.3 Å². The van der Waals surface area contributed by atoms with Crippen LogP contribution in [0.3, 0.4) is 0 Å². The van der Waals surface area contributed by atoms with Gasteiger partial charge in [-0.25, -0.2) is 0 Å². The zero-order valence-electron chi connectivity index (χ0n) is 8.46. The molecule has 0 amide bonds. The van der Waals surface area contributed by atoms with Gasteiger partial charge in [0.15, 0.2) is 0 Å². The molecule has 0 saturated carbocycles. The van der Waals surface area contributed by atoms with Crippen molar-refractivity contribution in [2.24, 2.45) is 0 Å². The largest absolute Gasteiger partial charge is 0.492 e. The van der Waals surface area contributed by atoms with E-state index in [1.165, 1.54) is 0 Å². The number of benzene rings is 1. The third-order valence-corrected chi connectivity index (χ3v) is 2.90. The Hall–Kier alpha value is -1.77. The van der Waals surface area contributed by atoms with Crippen LogP contribution in [0.25, 0.3) is 10.9 Å². The van der Waals surface area contributed by atoms with Crippen LogP contribution in [0.5, 0.6) is 5.75 Å². The predicted molar refractivity (Wildman–Crippen MR) is 58.5 cm³/mol. The van der Waals surface area contributed by atoms with E-state index < -0.39 is 0 Å². The van der Waals surface area contributed by atoms with E-state index >= 15 is 0 Å². The van der Waals surface area contributed by atoms with Gasteiger partial charge in [0.2, 0.25) is 0 Å². The highest BCUT2D eigenvalue weighted by molar-refractivity contribution is 5.88. The zero-order chi connectivity index (χ0) is 10.4. The number of hydrogen-bond donors (Lipinski definition) is 1. The van der Waals surface area contributed by atoms with Crippen LogP contribution in [0.15, 0.2) is 23.0 Å². The number of aromatic amines is 1. The number of nitrogens with one attached hydrogen (secondary N) is 1. The molecule has 0 bridgehead atoms. The molecule has 0 unspecified atom stereocenters. The molecule has 1 aliphatic rings. The summed E-state index contributed by atoms with van der Waals surface area (Å²) in [5.74, 6) is 0.775. The Labute approximate surface area is 86.7 Å². The molecule has 1 N–H and O–H groups in total. The van der Waals surface area contributed by atoms with Gasteiger partial charge < -0.3 is 9.72 Å². The maximum atomic E-state index is 11.7. The van der Waals surface area contributed by atoms with Gasteiger partial charge >= 0.3 is 0 Å². The fraction of sp³-hybridized carbons (Fsp3) is 0.250. The van der Waals surface area contributed by atoms with Crippen molar-refractivity contribution < 1.29 is 4.74 Å². The van der Waals surface area contributed by atoms with E-state index in [2.05, 4.69) is 4.98 Å². The third-order valence-electron chi connectivity index (χ3n) is 2.90. The smallest absolute Gasteiger partial charge is 0.255 e. The number of aromatic nitrogens is 1. The van der Waals surface area contributed by atoms with Gasteiger partial charge in [-0.1, -0.05) is 12.1 Å². The summed E-state index contributed by atoms with van der Waals surface area (Å²) in [5.41, 5.74) is 2.74. The first kappa shape index (κ1) is 8.53. The molecule has 0 atom stereocenters. The van der Waals surface area contributed by atoms with Crippen molar-refractivity contribution in [3.63, 3.8) is 0 Å². The molecule has 0 radical (unpaired) electrons. The van der Waals surface area contributed by atoms with Crippen LogP contribution in [0.4, 0.5) is 0 Å². The zero-order valence-corrected chi connectivity index (χ0v) is 8.46. The van der Waals surface area contributed by atoms with E-state index in [-0.39, 0.29) is 5.56 Å². The van der Waals surface area contributed by atoms with Crippen LogP contribution in [-0.2, 0) is 6.42 Å². The number of aryl methyl sites for hydroxylation is 1. The Kier molecular flexibility index (Phi) is 1.63. The van der Waals surface area contributed by atoms with Crippen molar-refractivity contribution in [1.29, 1.82) is 0 Å². The number of pyridine rings is 1. The summed E-state index contributed by atoms with van der Waals surface area (Å²) in [4.78, 5) is 14.7. The van der Waals surface area contributed by atoms with E-state index in [1.807, 2.05) is 25.1 Å². The normalized spacial score (nSPS) is 13.9. The highest BCUT2D eigenvalue weighted by Crippen LogP contribution is 2.31. The summed E-state index contributed by atoms with van der Waals surface area (Å²) in [6, 6.07) is 5.96. The van der Waals surface area contributed by atoms with Gasteiger partial charge in [-0.05, 0) is 18.6 Å². The van der Waals surface area contributed by atoms with E-state index in [0.29, 0.717) is 13.0 Å². The second-order valence-corrected chi connectivity index (χ2v) is 3.86. The minimum atomic E-state index is -0.00991. The minimum absolute atomic E-state index is 0.00991. The van der Waals surface area contributed by atoms with Crippen LogP contribution in [0.1, 0.15) is 11.1 Å². The van der Waals surface area contributed by atoms with Gasteiger partial charge in [0.05, 0.1) is 17.7 Å². The summed E-state index contributed by atoms with van der Waals surface area (Å²) < 4.78 is 5.53. The Morgan fingerprint density at radius 2 is 2.27 bits per heavy atom. The molecule has 15 heavy (non-hydrogen) atoms. The lowest BCUT2D eigenvalue weighted by molar-refractivity contribution is 0.360. The topological polar surface area (TPSA) is 42.1 Å². The Balaban J connectivity index is 2.54. The van der Waals surface area contributed by atoms with E-state index in [1.54, 1.807) is 0 Å². The monoisotopic (exact) mass is 201 g/mol. The van der Waals surface area contributed by atoms with Gasteiger partial charge in [-0.3, -0.25) is 4.79 Å². The highest BCUT2D eigenvalue weighted by atomic mass is 16.5. The second-order valence-electron chi connectivity index (χ2n) is 3.86. The fourth-order valence-corrected chi connectivity index (χ4v) is 2.12. The SMILES string of the molecule is Cc1cccc2c3c(c(=O)[nH]c12)CCO3. The molecule has 2 aromatic rings. The van der Waals surface area contributed by atoms with Gasteiger partial charge in [-0.2, -0.15) is 0 Å². The van der Waals surface area contributed by atoms with Gasteiger partial charge in [0, 0.05) is 11.8 Å². The van der Waals surface area contributed by atoms with Crippen molar-refractivity contribution in [2.75, 3.05) is 6.61 Å². The van der Waals surface area contributed by atoms with E-state index in [0.717, 1.165) is 27.8 Å². The van der Waals surface area contributed by atoms with Crippen molar-refractivity contribution in [1.82, 2.24) is 4.98 Å². The summed E-state index contributed by atoms with van der Waals surface area (Å²) >= 11 is 0. The summed E-state index contributed by atoms with van der Waals surface area (Å²) in [6.07, 6.45) is 0.717. The van der Waals surface area contributed by atoms with Crippen LogP contribution >= 0.6 is 0 Å². The second kappa shape index (κ2) is 2.86. The molecule has 2 heterocycles. The van der Waals surface area contributed by atoms with Crippen molar-refractivity contribution in [3.05, 3.63) is 39.7 Å². The Morgan fingerprint density at radius 3 is 3.13 bits per heavy atom. The fourth-order valence-electron chi connectivity index (χ4n) is 2.12. The lowest BCUT2D eigenvalue weighted by Gasteiger charge is -2.06. The maximum Gasteiger partial charge on any atom is 0.255 e. The predicted octanol–water partition coefficient (Wildman–Crippen LogP) is 1.77. The number of H-pyrrole nitrogens is 1. The lowest BCUT2D eigenvalue weighted by atomic mass is 10.1. The molecule has 0 spiro atoms. The van der Waals surface area contributed by atoms with E-state index in [4.69, 9.17) is 4.74 Å². The quantitative estimate of drug-likeness (QED) is 0.705. The first-order valence-electron chi connectivity index (χ1n) is 5.04. The number of para-hydroxylation sites is 1.